The van der Waals surface area contributed by atoms with Gasteiger partial charge in [-0.25, -0.2) is 4.79 Å². The molecule has 0 atom stereocenters. The quantitative estimate of drug-likeness (QED) is 0.926. The highest BCUT2D eigenvalue weighted by atomic mass is 35.5. The van der Waals surface area contributed by atoms with E-state index in [0.717, 1.165) is 17.8 Å². The average molecular weight is 265 g/mol. The summed E-state index contributed by atoms with van der Waals surface area (Å²) in [5, 5.41) is 13.9. The van der Waals surface area contributed by atoms with Crippen molar-refractivity contribution in [3.63, 3.8) is 0 Å². The van der Waals surface area contributed by atoms with Crippen LogP contribution in [0.25, 0.3) is 11.1 Å². The van der Waals surface area contributed by atoms with E-state index < -0.39 is 5.97 Å². The highest BCUT2D eigenvalue weighted by molar-refractivity contribution is 6.31. The van der Waals surface area contributed by atoms with E-state index >= 15 is 0 Å². The van der Waals surface area contributed by atoms with Crippen molar-refractivity contribution in [2.24, 2.45) is 0 Å². The number of hydrogen-bond donors (Lipinski definition) is 1. The summed E-state index contributed by atoms with van der Waals surface area (Å²) in [6, 6.07) is 4.86. The Kier molecular flexibility index (Phi) is 3.39. The molecule has 1 aromatic heterocycles. The summed E-state index contributed by atoms with van der Waals surface area (Å²) in [7, 11) is 0. The van der Waals surface area contributed by atoms with Gasteiger partial charge in [0.1, 0.15) is 0 Å². The fourth-order valence-electron chi connectivity index (χ4n) is 1.96. The Morgan fingerprint density at radius 2 is 2.17 bits per heavy atom. The third-order valence-corrected chi connectivity index (χ3v) is 3.14. The Bertz CT molecular complexity index is 605. The number of carboxylic acids is 1. The molecule has 2 aromatic rings. The van der Waals surface area contributed by atoms with Crippen LogP contribution in [-0.2, 0) is 6.54 Å². The molecule has 94 valence electrons. The first-order chi connectivity index (χ1) is 8.54. The SMILES string of the molecule is CCn1ncc(-c2ccc(Cl)cc2C(=O)O)c1C. The van der Waals surface area contributed by atoms with E-state index in [9.17, 15) is 9.90 Å². The Balaban J connectivity index is 2.63. The van der Waals surface area contributed by atoms with Crippen LogP contribution in [0, 0.1) is 6.92 Å². The molecule has 1 heterocycles. The second-order valence-electron chi connectivity index (χ2n) is 3.95. The Morgan fingerprint density at radius 3 is 2.72 bits per heavy atom. The average Bonchev–Trinajstić information content (AvgIpc) is 2.70. The van der Waals surface area contributed by atoms with E-state index in [1.165, 1.54) is 6.07 Å². The molecule has 5 heteroatoms. The van der Waals surface area contributed by atoms with Gasteiger partial charge in [0.2, 0.25) is 0 Å². The standard InChI is InChI=1S/C13H13ClN2O2/c1-3-16-8(2)12(7-15-16)10-5-4-9(14)6-11(10)13(17)18/h4-7H,3H2,1-2H3,(H,17,18). The maximum absolute atomic E-state index is 11.2. The highest BCUT2D eigenvalue weighted by Crippen LogP contribution is 2.29. The van der Waals surface area contributed by atoms with Crippen molar-refractivity contribution in [1.82, 2.24) is 9.78 Å². The summed E-state index contributed by atoms with van der Waals surface area (Å²) in [6.45, 7) is 4.66. The summed E-state index contributed by atoms with van der Waals surface area (Å²) in [5.41, 5.74) is 2.61. The van der Waals surface area contributed by atoms with Crippen molar-refractivity contribution < 1.29 is 9.90 Å². The molecule has 0 amide bonds. The Labute approximate surface area is 110 Å². The minimum Gasteiger partial charge on any atom is -0.478 e. The minimum absolute atomic E-state index is 0.196. The van der Waals surface area contributed by atoms with Crippen LogP contribution in [0.4, 0.5) is 0 Å². The second-order valence-corrected chi connectivity index (χ2v) is 4.39. The van der Waals surface area contributed by atoms with Gasteiger partial charge in [-0.2, -0.15) is 5.10 Å². The molecule has 1 N–H and O–H groups in total. The summed E-state index contributed by atoms with van der Waals surface area (Å²) < 4.78 is 1.83. The van der Waals surface area contributed by atoms with Gasteiger partial charge >= 0.3 is 5.97 Å². The van der Waals surface area contributed by atoms with Crippen molar-refractivity contribution in [1.29, 1.82) is 0 Å². The molecule has 0 bridgehead atoms. The molecule has 0 radical (unpaired) electrons. The molecule has 1 aromatic carbocycles. The van der Waals surface area contributed by atoms with Gasteiger partial charge in [-0.1, -0.05) is 17.7 Å². The number of carboxylic acid groups (broad SMARTS) is 1. The van der Waals surface area contributed by atoms with Crippen LogP contribution in [0.2, 0.25) is 5.02 Å². The molecule has 4 nitrogen and oxygen atoms in total. The fraction of sp³-hybridized carbons (Fsp3) is 0.231. The lowest BCUT2D eigenvalue weighted by atomic mass is 10.0. The Hall–Kier alpha value is -1.81. The van der Waals surface area contributed by atoms with E-state index in [1.807, 2.05) is 18.5 Å². The van der Waals surface area contributed by atoms with Gasteiger partial charge in [-0.3, -0.25) is 4.68 Å². The van der Waals surface area contributed by atoms with Crippen molar-refractivity contribution in [3.05, 3.63) is 40.7 Å². The zero-order valence-corrected chi connectivity index (χ0v) is 10.9. The number of nitrogens with zero attached hydrogens (tertiary/aromatic N) is 2. The number of aromatic carboxylic acids is 1. The van der Waals surface area contributed by atoms with Crippen LogP contribution in [0.5, 0.6) is 0 Å². The lowest BCUT2D eigenvalue weighted by Gasteiger charge is -2.07. The fourth-order valence-corrected chi connectivity index (χ4v) is 2.13. The number of rotatable bonds is 3. The topological polar surface area (TPSA) is 55.1 Å². The molecule has 0 saturated heterocycles. The van der Waals surface area contributed by atoms with Crippen molar-refractivity contribution in [2.45, 2.75) is 20.4 Å². The van der Waals surface area contributed by atoms with Crippen LogP contribution in [0.1, 0.15) is 23.0 Å². The van der Waals surface area contributed by atoms with E-state index in [2.05, 4.69) is 5.10 Å². The predicted octanol–water partition coefficient (Wildman–Crippen LogP) is 3.23. The van der Waals surface area contributed by atoms with Crippen LogP contribution in [-0.4, -0.2) is 20.9 Å². The molecule has 0 aliphatic rings. The largest absolute Gasteiger partial charge is 0.478 e. The maximum Gasteiger partial charge on any atom is 0.336 e. The summed E-state index contributed by atoms with van der Waals surface area (Å²) in [4.78, 5) is 11.2. The lowest BCUT2D eigenvalue weighted by molar-refractivity contribution is 0.0697. The van der Waals surface area contributed by atoms with Gasteiger partial charge in [0.25, 0.3) is 0 Å². The summed E-state index contributed by atoms with van der Waals surface area (Å²) in [5.74, 6) is -0.990. The first kappa shape index (κ1) is 12.6. The molecule has 2 rings (SSSR count). The van der Waals surface area contributed by atoms with Crippen LogP contribution in [0.3, 0.4) is 0 Å². The van der Waals surface area contributed by atoms with Crippen molar-refractivity contribution >= 4 is 17.6 Å². The molecule has 0 unspecified atom stereocenters. The number of aryl methyl sites for hydroxylation is 1. The normalized spacial score (nSPS) is 10.6. The minimum atomic E-state index is -0.990. The number of aromatic nitrogens is 2. The maximum atomic E-state index is 11.2. The molecule has 0 spiro atoms. The number of carbonyl (C=O) groups is 1. The monoisotopic (exact) mass is 264 g/mol. The molecule has 0 aliphatic carbocycles. The van der Waals surface area contributed by atoms with E-state index in [0.29, 0.717) is 10.6 Å². The molecular weight excluding hydrogens is 252 g/mol. The Morgan fingerprint density at radius 1 is 1.44 bits per heavy atom. The first-order valence-corrected chi connectivity index (χ1v) is 5.98. The summed E-state index contributed by atoms with van der Waals surface area (Å²) >= 11 is 5.84. The molecule has 0 aliphatic heterocycles. The summed E-state index contributed by atoms with van der Waals surface area (Å²) in [6.07, 6.45) is 1.69. The number of halogens is 1. The molecule has 0 saturated carbocycles. The van der Waals surface area contributed by atoms with Gasteiger partial charge in [0.05, 0.1) is 11.8 Å². The number of benzene rings is 1. The van der Waals surface area contributed by atoms with E-state index in [1.54, 1.807) is 18.3 Å². The van der Waals surface area contributed by atoms with Crippen LogP contribution >= 0.6 is 11.6 Å². The first-order valence-electron chi connectivity index (χ1n) is 5.60. The molecule has 0 fully saturated rings. The van der Waals surface area contributed by atoms with Crippen molar-refractivity contribution in [2.75, 3.05) is 0 Å². The van der Waals surface area contributed by atoms with Gasteiger partial charge in [0, 0.05) is 22.8 Å². The zero-order chi connectivity index (χ0) is 13.3. The van der Waals surface area contributed by atoms with Gasteiger partial charge in [-0.05, 0) is 31.5 Å². The van der Waals surface area contributed by atoms with Crippen LogP contribution in [0.15, 0.2) is 24.4 Å². The van der Waals surface area contributed by atoms with E-state index in [4.69, 9.17) is 11.6 Å². The third kappa shape index (κ3) is 2.11. The van der Waals surface area contributed by atoms with Gasteiger partial charge < -0.3 is 5.11 Å². The number of hydrogen-bond acceptors (Lipinski definition) is 2. The van der Waals surface area contributed by atoms with Gasteiger partial charge in [0.15, 0.2) is 0 Å². The lowest BCUT2D eigenvalue weighted by Crippen LogP contribution is -2.01. The predicted molar refractivity (Wildman–Crippen MR) is 70.0 cm³/mol. The van der Waals surface area contributed by atoms with Gasteiger partial charge in [-0.15, -0.1) is 0 Å². The highest BCUT2D eigenvalue weighted by Gasteiger charge is 2.16. The molecular formula is C13H13ClN2O2. The zero-order valence-electron chi connectivity index (χ0n) is 10.1. The molecule has 18 heavy (non-hydrogen) atoms. The van der Waals surface area contributed by atoms with Crippen molar-refractivity contribution in [3.8, 4) is 11.1 Å². The third-order valence-electron chi connectivity index (χ3n) is 2.90. The van der Waals surface area contributed by atoms with E-state index in [-0.39, 0.29) is 5.56 Å². The van der Waals surface area contributed by atoms with Crippen LogP contribution < -0.4 is 0 Å². The second kappa shape index (κ2) is 4.82. The smallest absolute Gasteiger partial charge is 0.336 e.